The van der Waals surface area contributed by atoms with Crippen molar-refractivity contribution < 1.29 is 28.2 Å². The van der Waals surface area contributed by atoms with Crippen molar-refractivity contribution in [1.82, 2.24) is 0 Å². The summed E-state index contributed by atoms with van der Waals surface area (Å²) in [5, 5.41) is 0. The van der Waals surface area contributed by atoms with Gasteiger partial charge in [0.15, 0.2) is 0 Å². The summed E-state index contributed by atoms with van der Waals surface area (Å²) in [5.74, 6) is 0.139. The second-order valence-electron chi connectivity index (χ2n) is 7.02. The Morgan fingerprint density at radius 3 is 2.83 bits per heavy atom. The van der Waals surface area contributed by atoms with Gasteiger partial charge < -0.3 is 18.9 Å². The standard InChI is InChI=1S/C21H20FNO5S/c1-26-18(24)9-11-7-13(22)3-6-17(11)29-23-16-5-4-14-15-8-12(15)10-28-20(14)19(16)21(25)27-2/h3-7,12,15,23H,8-10H2,1-2H3. The summed E-state index contributed by atoms with van der Waals surface area (Å²) in [7, 11) is 2.61. The van der Waals surface area contributed by atoms with Gasteiger partial charge in [0, 0.05) is 10.8 Å². The monoisotopic (exact) mass is 417 g/mol. The predicted octanol–water partition coefficient (Wildman–Crippen LogP) is 3.94. The SMILES string of the molecule is COC(=O)Cc1cc(F)ccc1SNc1ccc2c(c1C(=O)OC)OCC1CC21. The first-order chi connectivity index (χ1) is 14.0. The number of ether oxygens (including phenoxy) is 3. The van der Waals surface area contributed by atoms with Crippen LogP contribution in [0.15, 0.2) is 35.2 Å². The van der Waals surface area contributed by atoms with Crippen molar-refractivity contribution in [2.75, 3.05) is 25.5 Å². The number of methoxy groups -OCH3 is 2. The molecule has 0 spiro atoms. The highest BCUT2D eigenvalue weighted by molar-refractivity contribution is 8.00. The third kappa shape index (κ3) is 3.89. The maximum atomic E-state index is 13.7. The number of anilines is 1. The van der Waals surface area contributed by atoms with Crippen LogP contribution in [-0.2, 0) is 20.7 Å². The fourth-order valence-corrected chi connectivity index (χ4v) is 4.35. The Hall–Kier alpha value is -2.74. The Morgan fingerprint density at radius 1 is 1.24 bits per heavy atom. The summed E-state index contributed by atoms with van der Waals surface area (Å²) in [6.45, 7) is 0.597. The first-order valence-corrected chi connectivity index (χ1v) is 9.99. The lowest BCUT2D eigenvalue weighted by atomic mass is 10.0. The molecule has 4 rings (SSSR count). The van der Waals surface area contributed by atoms with Crippen LogP contribution in [-0.4, -0.2) is 32.8 Å². The summed E-state index contributed by atoms with van der Waals surface area (Å²) < 4.78 is 32.3. The van der Waals surface area contributed by atoms with Crippen LogP contribution >= 0.6 is 11.9 Å². The lowest BCUT2D eigenvalue weighted by Gasteiger charge is -2.22. The largest absolute Gasteiger partial charge is 0.492 e. The number of rotatable bonds is 6. The fourth-order valence-electron chi connectivity index (χ4n) is 3.56. The van der Waals surface area contributed by atoms with Crippen molar-refractivity contribution in [3.63, 3.8) is 0 Å². The van der Waals surface area contributed by atoms with Crippen LogP contribution in [0.5, 0.6) is 5.75 Å². The third-order valence-corrected chi connectivity index (χ3v) is 6.14. The van der Waals surface area contributed by atoms with Gasteiger partial charge in [-0.25, -0.2) is 9.18 Å². The van der Waals surface area contributed by atoms with Crippen molar-refractivity contribution in [3.05, 3.63) is 52.8 Å². The molecule has 2 aliphatic rings. The zero-order chi connectivity index (χ0) is 20.5. The summed E-state index contributed by atoms with van der Waals surface area (Å²) in [4.78, 5) is 24.8. The van der Waals surface area contributed by atoms with E-state index < -0.39 is 17.8 Å². The Kier molecular flexibility index (Phi) is 5.36. The number of hydrogen-bond acceptors (Lipinski definition) is 7. The van der Waals surface area contributed by atoms with Gasteiger partial charge in [-0.1, -0.05) is 6.07 Å². The number of esters is 2. The molecular weight excluding hydrogens is 397 g/mol. The van der Waals surface area contributed by atoms with Crippen LogP contribution < -0.4 is 9.46 Å². The molecule has 0 aromatic heterocycles. The van der Waals surface area contributed by atoms with E-state index in [9.17, 15) is 14.0 Å². The lowest BCUT2D eigenvalue weighted by Crippen LogP contribution is -2.15. The second kappa shape index (κ2) is 7.94. The average Bonchev–Trinajstić information content (AvgIpc) is 3.52. The summed E-state index contributed by atoms with van der Waals surface area (Å²) in [6, 6.07) is 7.98. The molecule has 29 heavy (non-hydrogen) atoms. The van der Waals surface area contributed by atoms with Gasteiger partial charge in [-0.05, 0) is 59.7 Å². The molecule has 2 aromatic carbocycles. The molecule has 1 fully saturated rings. The number of fused-ring (bicyclic) bond motifs is 3. The number of hydrogen-bond donors (Lipinski definition) is 1. The number of halogens is 1. The number of carbonyl (C=O) groups excluding carboxylic acids is 2. The molecule has 152 valence electrons. The highest BCUT2D eigenvalue weighted by atomic mass is 32.2. The molecule has 0 amide bonds. The normalized spacial score (nSPS) is 18.7. The molecule has 2 aromatic rings. The Balaban J connectivity index is 1.62. The quantitative estimate of drug-likeness (QED) is 0.564. The first kappa shape index (κ1) is 19.6. The van der Waals surface area contributed by atoms with Crippen molar-refractivity contribution >= 4 is 29.6 Å². The minimum Gasteiger partial charge on any atom is -0.492 e. The molecule has 1 N–H and O–H groups in total. The van der Waals surface area contributed by atoms with E-state index >= 15 is 0 Å². The Labute approximate surface area is 171 Å². The molecule has 1 aliphatic heterocycles. The van der Waals surface area contributed by atoms with E-state index in [1.807, 2.05) is 12.1 Å². The van der Waals surface area contributed by atoms with Crippen LogP contribution in [0.25, 0.3) is 0 Å². The van der Waals surface area contributed by atoms with E-state index in [0.717, 1.165) is 12.0 Å². The van der Waals surface area contributed by atoms with E-state index in [2.05, 4.69) is 9.46 Å². The van der Waals surface area contributed by atoms with Gasteiger partial charge in [0.05, 0.1) is 32.9 Å². The van der Waals surface area contributed by atoms with Crippen molar-refractivity contribution in [1.29, 1.82) is 0 Å². The van der Waals surface area contributed by atoms with Crippen LogP contribution in [0.4, 0.5) is 10.1 Å². The molecule has 1 saturated carbocycles. The first-order valence-electron chi connectivity index (χ1n) is 9.18. The fraction of sp³-hybridized carbons (Fsp3) is 0.333. The molecule has 8 heteroatoms. The van der Waals surface area contributed by atoms with Crippen molar-refractivity contribution in [2.24, 2.45) is 5.92 Å². The van der Waals surface area contributed by atoms with E-state index in [1.54, 1.807) is 6.07 Å². The molecule has 1 aliphatic carbocycles. The van der Waals surface area contributed by atoms with E-state index in [4.69, 9.17) is 9.47 Å². The smallest absolute Gasteiger partial charge is 0.343 e. The molecular formula is C21H20FNO5S. The lowest BCUT2D eigenvalue weighted by molar-refractivity contribution is -0.139. The summed E-state index contributed by atoms with van der Waals surface area (Å²) in [6.07, 6.45) is 1.01. The zero-order valence-electron chi connectivity index (χ0n) is 16.0. The zero-order valence-corrected chi connectivity index (χ0v) is 16.8. The molecule has 0 saturated heterocycles. The van der Waals surface area contributed by atoms with Crippen molar-refractivity contribution in [3.8, 4) is 5.75 Å². The summed E-state index contributed by atoms with van der Waals surface area (Å²) >= 11 is 1.18. The Bertz CT molecular complexity index is 980. The van der Waals surface area contributed by atoms with Gasteiger partial charge in [0.2, 0.25) is 0 Å². The van der Waals surface area contributed by atoms with Gasteiger partial charge >= 0.3 is 11.9 Å². The topological polar surface area (TPSA) is 73.9 Å². The highest BCUT2D eigenvalue weighted by Crippen LogP contribution is 2.55. The van der Waals surface area contributed by atoms with Crippen LogP contribution in [0.3, 0.4) is 0 Å². The number of carbonyl (C=O) groups is 2. The van der Waals surface area contributed by atoms with Crippen LogP contribution in [0.1, 0.15) is 33.8 Å². The van der Waals surface area contributed by atoms with Gasteiger partial charge in [-0.15, -0.1) is 0 Å². The third-order valence-electron chi connectivity index (χ3n) is 5.20. The van der Waals surface area contributed by atoms with E-state index in [0.29, 0.717) is 45.9 Å². The number of benzene rings is 2. The molecule has 6 nitrogen and oxygen atoms in total. The average molecular weight is 417 g/mol. The maximum absolute atomic E-state index is 13.7. The maximum Gasteiger partial charge on any atom is 0.343 e. The van der Waals surface area contributed by atoms with Crippen molar-refractivity contribution in [2.45, 2.75) is 23.7 Å². The highest BCUT2D eigenvalue weighted by Gasteiger charge is 2.45. The Morgan fingerprint density at radius 2 is 2.07 bits per heavy atom. The van der Waals surface area contributed by atoms with Gasteiger partial charge in [-0.2, -0.15) is 0 Å². The minimum atomic E-state index is -0.488. The molecule has 0 bridgehead atoms. The summed E-state index contributed by atoms with van der Waals surface area (Å²) in [5.41, 5.74) is 2.40. The number of nitrogens with one attached hydrogen (secondary N) is 1. The van der Waals surface area contributed by atoms with Crippen LogP contribution in [0.2, 0.25) is 0 Å². The molecule has 2 unspecified atom stereocenters. The second-order valence-corrected chi connectivity index (χ2v) is 7.87. The molecule has 1 heterocycles. The molecule has 0 radical (unpaired) electrons. The van der Waals surface area contributed by atoms with E-state index in [1.165, 1.54) is 38.3 Å². The van der Waals surface area contributed by atoms with Gasteiger partial charge in [-0.3, -0.25) is 4.79 Å². The van der Waals surface area contributed by atoms with E-state index in [-0.39, 0.29) is 6.42 Å². The van der Waals surface area contributed by atoms with Crippen LogP contribution in [0, 0.1) is 11.7 Å². The van der Waals surface area contributed by atoms with Gasteiger partial charge in [0.1, 0.15) is 17.1 Å². The molecule has 2 atom stereocenters. The predicted molar refractivity (Wildman–Crippen MR) is 106 cm³/mol. The van der Waals surface area contributed by atoms with Gasteiger partial charge in [0.25, 0.3) is 0 Å². The minimum absolute atomic E-state index is 0.0570.